The van der Waals surface area contributed by atoms with E-state index in [1.54, 1.807) is 0 Å². The Morgan fingerprint density at radius 2 is 1.94 bits per heavy atom. The fraction of sp³-hybridized carbons (Fsp3) is 0.800. The lowest BCUT2D eigenvalue weighted by molar-refractivity contribution is -0.124. The van der Waals surface area contributed by atoms with Gasteiger partial charge in [-0.2, -0.15) is 0 Å². The van der Waals surface area contributed by atoms with Crippen LogP contribution < -0.4 is 16.8 Å². The summed E-state index contributed by atoms with van der Waals surface area (Å²) in [5.41, 5.74) is 10.3. The van der Waals surface area contributed by atoms with E-state index in [0.717, 1.165) is 0 Å². The molecule has 2 amide bonds. The van der Waals surface area contributed by atoms with Crippen molar-refractivity contribution in [3.05, 3.63) is 0 Å². The van der Waals surface area contributed by atoms with Crippen LogP contribution in [0.3, 0.4) is 0 Å². The fourth-order valence-corrected chi connectivity index (χ4v) is 0.922. The molecular formula is C10H21N3O3. The van der Waals surface area contributed by atoms with Gasteiger partial charge < -0.3 is 21.5 Å². The van der Waals surface area contributed by atoms with Crippen molar-refractivity contribution in [2.45, 2.75) is 26.8 Å². The Hall–Kier alpha value is -1.14. The van der Waals surface area contributed by atoms with Gasteiger partial charge in [0.15, 0.2) is 0 Å². The molecule has 0 aromatic carbocycles. The number of amides is 2. The molecule has 0 radical (unpaired) electrons. The number of carbonyl (C=O) groups is 2. The van der Waals surface area contributed by atoms with Crippen LogP contribution in [0.1, 0.15) is 20.8 Å². The van der Waals surface area contributed by atoms with Crippen molar-refractivity contribution in [2.75, 3.05) is 19.8 Å². The second-order valence-electron chi connectivity index (χ2n) is 4.65. The van der Waals surface area contributed by atoms with E-state index in [9.17, 15) is 9.59 Å². The molecule has 0 aliphatic heterocycles. The lowest BCUT2D eigenvalue weighted by Crippen LogP contribution is -2.49. The number of primary amides is 1. The van der Waals surface area contributed by atoms with Crippen LogP contribution in [0, 0.1) is 5.41 Å². The Morgan fingerprint density at radius 1 is 1.38 bits per heavy atom. The highest BCUT2D eigenvalue weighted by atomic mass is 16.5. The largest absolute Gasteiger partial charge is 0.370 e. The monoisotopic (exact) mass is 231 g/mol. The summed E-state index contributed by atoms with van der Waals surface area (Å²) in [4.78, 5) is 21.8. The van der Waals surface area contributed by atoms with E-state index in [2.05, 4.69) is 5.32 Å². The number of rotatable bonds is 6. The van der Waals surface area contributed by atoms with Gasteiger partial charge in [-0.25, -0.2) is 0 Å². The van der Waals surface area contributed by atoms with E-state index in [-0.39, 0.29) is 24.5 Å². The third-order valence-electron chi connectivity index (χ3n) is 2.01. The van der Waals surface area contributed by atoms with Crippen molar-refractivity contribution in [1.82, 2.24) is 5.32 Å². The van der Waals surface area contributed by atoms with E-state index >= 15 is 0 Å². The Bertz CT molecular complexity index is 248. The van der Waals surface area contributed by atoms with Gasteiger partial charge in [-0.05, 0) is 5.41 Å². The SMILES string of the molecule is CC(C)(C)C(N)C(=O)NCCOCC(N)=O. The molecule has 16 heavy (non-hydrogen) atoms. The van der Waals surface area contributed by atoms with Crippen molar-refractivity contribution < 1.29 is 14.3 Å². The number of carbonyl (C=O) groups excluding carboxylic acids is 2. The first-order valence-electron chi connectivity index (χ1n) is 5.14. The minimum absolute atomic E-state index is 0.138. The third-order valence-corrected chi connectivity index (χ3v) is 2.01. The summed E-state index contributed by atoms with van der Waals surface area (Å²) in [6.45, 7) is 6.09. The van der Waals surface area contributed by atoms with Crippen LogP contribution in [0.5, 0.6) is 0 Å². The van der Waals surface area contributed by atoms with Crippen molar-refractivity contribution in [1.29, 1.82) is 0 Å². The van der Waals surface area contributed by atoms with Gasteiger partial charge >= 0.3 is 0 Å². The lowest BCUT2D eigenvalue weighted by atomic mass is 9.87. The normalized spacial score (nSPS) is 13.2. The van der Waals surface area contributed by atoms with Crippen LogP contribution in [-0.4, -0.2) is 37.6 Å². The zero-order chi connectivity index (χ0) is 12.8. The highest BCUT2D eigenvalue weighted by Gasteiger charge is 2.26. The molecule has 1 unspecified atom stereocenters. The molecule has 0 rings (SSSR count). The molecule has 0 aliphatic rings. The van der Waals surface area contributed by atoms with Crippen molar-refractivity contribution in [3.63, 3.8) is 0 Å². The molecule has 1 atom stereocenters. The molecule has 0 fully saturated rings. The second-order valence-corrected chi connectivity index (χ2v) is 4.65. The van der Waals surface area contributed by atoms with E-state index in [1.807, 2.05) is 20.8 Å². The van der Waals surface area contributed by atoms with Gasteiger partial charge in [-0.3, -0.25) is 9.59 Å². The minimum Gasteiger partial charge on any atom is -0.370 e. The molecule has 6 nitrogen and oxygen atoms in total. The Labute approximate surface area is 95.7 Å². The number of ether oxygens (including phenoxy) is 1. The van der Waals surface area contributed by atoms with Gasteiger partial charge in [0.25, 0.3) is 0 Å². The van der Waals surface area contributed by atoms with Crippen LogP contribution in [0.2, 0.25) is 0 Å². The third kappa shape index (κ3) is 6.36. The molecule has 0 saturated carbocycles. The van der Waals surface area contributed by atoms with Crippen LogP contribution in [0.15, 0.2) is 0 Å². The molecule has 5 N–H and O–H groups in total. The number of hydrogen-bond donors (Lipinski definition) is 3. The molecule has 6 heteroatoms. The van der Waals surface area contributed by atoms with Gasteiger partial charge in [-0.15, -0.1) is 0 Å². The average molecular weight is 231 g/mol. The number of hydrogen-bond acceptors (Lipinski definition) is 4. The number of nitrogens with one attached hydrogen (secondary N) is 1. The zero-order valence-electron chi connectivity index (χ0n) is 10.1. The highest BCUT2D eigenvalue weighted by Crippen LogP contribution is 2.16. The number of nitrogens with two attached hydrogens (primary N) is 2. The predicted octanol–water partition coefficient (Wildman–Crippen LogP) is -1.02. The summed E-state index contributed by atoms with van der Waals surface area (Å²) in [5, 5.41) is 2.62. The molecule has 94 valence electrons. The minimum atomic E-state index is -0.566. The van der Waals surface area contributed by atoms with Crippen LogP contribution in [-0.2, 0) is 14.3 Å². The van der Waals surface area contributed by atoms with E-state index in [4.69, 9.17) is 16.2 Å². The molecule has 0 saturated heterocycles. The summed E-state index contributed by atoms with van der Waals surface area (Å²) in [6, 6.07) is -0.566. The Kier molecular flexibility index (Phi) is 5.98. The van der Waals surface area contributed by atoms with Crippen LogP contribution in [0.25, 0.3) is 0 Å². The summed E-state index contributed by atoms with van der Waals surface area (Å²) < 4.78 is 4.88. The first-order chi connectivity index (χ1) is 7.25. The summed E-state index contributed by atoms with van der Waals surface area (Å²) in [6.07, 6.45) is 0. The quantitative estimate of drug-likeness (QED) is 0.508. The summed E-state index contributed by atoms with van der Waals surface area (Å²) in [5.74, 6) is -0.757. The van der Waals surface area contributed by atoms with Gasteiger partial charge in [-0.1, -0.05) is 20.8 Å². The topological polar surface area (TPSA) is 107 Å². The van der Waals surface area contributed by atoms with Gasteiger partial charge in [0.05, 0.1) is 12.6 Å². The lowest BCUT2D eigenvalue weighted by Gasteiger charge is -2.25. The van der Waals surface area contributed by atoms with Gasteiger partial charge in [0.1, 0.15) is 6.61 Å². The van der Waals surface area contributed by atoms with Crippen molar-refractivity contribution in [2.24, 2.45) is 16.9 Å². The average Bonchev–Trinajstić information content (AvgIpc) is 2.13. The molecular weight excluding hydrogens is 210 g/mol. The first-order valence-corrected chi connectivity index (χ1v) is 5.14. The first kappa shape index (κ1) is 14.9. The predicted molar refractivity (Wildman–Crippen MR) is 60.5 cm³/mol. The molecule has 0 heterocycles. The highest BCUT2D eigenvalue weighted by molar-refractivity contribution is 5.82. The van der Waals surface area contributed by atoms with Gasteiger partial charge in [0, 0.05) is 6.54 Å². The molecule has 0 bridgehead atoms. The van der Waals surface area contributed by atoms with E-state index < -0.39 is 11.9 Å². The second kappa shape index (κ2) is 6.44. The molecule has 0 aromatic rings. The van der Waals surface area contributed by atoms with Crippen molar-refractivity contribution >= 4 is 11.8 Å². The maximum Gasteiger partial charge on any atom is 0.243 e. The Morgan fingerprint density at radius 3 is 2.38 bits per heavy atom. The van der Waals surface area contributed by atoms with Crippen LogP contribution >= 0.6 is 0 Å². The smallest absolute Gasteiger partial charge is 0.243 e. The standard InChI is InChI=1S/C10H21N3O3/c1-10(2,3)8(12)9(15)13-4-5-16-6-7(11)14/h8H,4-6,12H2,1-3H3,(H2,11,14)(H,13,15). The van der Waals surface area contributed by atoms with E-state index in [1.165, 1.54) is 0 Å². The van der Waals surface area contributed by atoms with E-state index in [0.29, 0.717) is 6.54 Å². The van der Waals surface area contributed by atoms with Gasteiger partial charge in [0.2, 0.25) is 11.8 Å². The molecule has 0 aromatic heterocycles. The fourth-order valence-electron chi connectivity index (χ4n) is 0.922. The van der Waals surface area contributed by atoms with Crippen molar-refractivity contribution in [3.8, 4) is 0 Å². The zero-order valence-corrected chi connectivity index (χ0v) is 10.1. The maximum atomic E-state index is 11.5. The summed E-state index contributed by atoms with van der Waals surface area (Å²) in [7, 11) is 0. The maximum absolute atomic E-state index is 11.5. The molecule has 0 spiro atoms. The molecule has 0 aliphatic carbocycles. The van der Waals surface area contributed by atoms with Crippen LogP contribution in [0.4, 0.5) is 0 Å². The Balaban J connectivity index is 3.70. The summed E-state index contributed by atoms with van der Waals surface area (Å²) >= 11 is 0.